The number of carboxylic acids is 2. The summed E-state index contributed by atoms with van der Waals surface area (Å²) in [5.74, 6) is -14.9. The Balaban J connectivity index is 1.00. The van der Waals surface area contributed by atoms with Crippen molar-refractivity contribution in [2.24, 2.45) is 0 Å². The third-order valence-electron chi connectivity index (χ3n) is 24.0. The highest BCUT2D eigenvalue weighted by molar-refractivity contribution is 5.78. The molecule has 9 fully saturated rings. The molecule has 4 amide bonds. The lowest BCUT2D eigenvalue weighted by atomic mass is 9.88. The van der Waals surface area contributed by atoms with Crippen molar-refractivity contribution in [2.75, 3.05) is 72.7 Å². The number of hydrogen-bond donors (Lipinski definition) is 37. The predicted octanol–water partition coefficient (Wildman–Crippen LogP) is -24.2. The summed E-state index contributed by atoms with van der Waals surface area (Å²) >= 11 is 0. The van der Waals surface area contributed by atoms with Crippen LogP contribution in [0.3, 0.4) is 0 Å². The molecule has 61 heteroatoms. The molecule has 782 valence electrons. The van der Waals surface area contributed by atoms with Crippen molar-refractivity contribution in [3.63, 3.8) is 0 Å². The molecule has 9 heterocycles. The minimum atomic E-state index is -3.32. The molecule has 9 aliphatic heterocycles. The molecule has 0 aliphatic carbocycles. The maximum absolute atomic E-state index is 13.3. The van der Waals surface area contributed by atoms with Gasteiger partial charge in [0.05, 0.1) is 97.0 Å². The normalized spacial score (nSPS) is 44.5. The zero-order valence-corrected chi connectivity index (χ0v) is 72.0. The first-order chi connectivity index (χ1) is 63.5. The third kappa shape index (κ3) is 25.6. The Kier molecular flexibility index (Phi) is 41.4. The maximum Gasteiger partial charge on any atom is 0.364 e. The van der Waals surface area contributed by atoms with Gasteiger partial charge in [-0.15, -0.1) is 0 Å². The molecule has 0 saturated carbocycles. The predicted molar refractivity (Wildman–Crippen MR) is 413 cm³/mol. The maximum atomic E-state index is 13.3. The van der Waals surface area contributed by atoms with Gasteiger partial charge in [0.2, 0.25) is 23.6 Å². The summed E-state index contributed by atoms with van der Waals surface area (Å²) < 4.78 is 105. The number of rotatable bonds is 42. The highest BCUT2D eigenvalue weighted by Crippen LogP contribution is 2.44. The minimum Gasteiger partial charge on any atom is -0.477 e. The van der Waals surface area contributed by atoms with Crippen LogP contribution in [0.5, 0.6) is 0 Å². The van der Waals surface area contributed by atoms with E-state index in [2.05, 4.69) is 21.3 Å². The lowest BCUT2D eigenvalue weighted by Gasteiger charge is -2.51. The number of ether oxygens (including phenoxy) is 18. The van der Waals surface area contributed by atoms with E-state index in [1.54, 1.807) is 0 Å². The van der Waals surface area contributed by atoms with Crippen molar-refractivity contribution in [3.8, 4) is 0 Å². The van der Waals surface area contributed by atoms with Crippen molar-refractivity contribution < 1.29 is 283 Å². The van der Waals surface area contributed by atoms with Gasteiger partial charge in [-0.05, 0) is 0 Å². The molecule has 0 bridgehead atoms. The van der Waals surface area contributed by atoms with E-state index < -0.39 is 433 Å². The quantitative estimate of drug-likeness (QED) is 0.0270. The summed E-state index contributed by atoms with van der Waals surface area (Å²) in [5, 5.41) is 375. The highest BCUT2D eigenvalue weighted by Gasteiger charge is 2.65. The third-order valence-corrected chi connectivity index (χ3v) is 24.0. The summed E-state index contributed by atoms with van der Waals surface area (Å²) in [6.07, 6.45) is -106. The van der Waals surface area contributed by atoms with Crippen LogP contribution in [0.1, 0.15) is 40.5 Å². The number of aliphatic hydroxyl groups is 31. The number of aliphatic carboxylic acids is 2. The first-order valence-electron chi connectivity index (χ1n) is 42.3. The van der Waals surface area contributed by atoms with E-state index >= 15 is 0 Å². The summed E-state index contributed by atoms with van der Waals surface area (Å²) in [4.78, 5) is 77.2. The van der Waals surface area contributed by atoms with Crippen molar-refractivity contribution in [1.82, 2.24) is 21.3 Å². The van der Waals surface area contributed by atoms with Gasteiger partial charge >= 0.3 is 11.9 Å². The van der Waals surface area contributed by atoms with Crippen LogP contribution in [0.15, 0.2) is 0 Å². The summed E-state index contributed by atoms with van der Waals surface area (Å²) in [6, 6.07) is -7.62. The van der Waals surface area contributed by atoms with Gasteiger partial charge in [-0.2, -0.15) is 0 Å². The van der Waals surface area contributed by atoms with Crippen LogP contribution in [-0.4, -0.2) is 588 Å². The van der Waals surface area contributed by atoms with Crippen LogP contribution in [0.2, 0.25) is 0 Å². The molecule has 37 N–H and O–H groups in total. The Bertz CT molecular complexity index is 3740. The smallest absolute Gasteiger partial charge is 0.364 e. The first kappa shape index (κ1) is 113. The number of carboxylic acid groups (broad SMARTS) is 2. The van der Waals surface area contributed by atoms with E-state index in [0.717, 1.165) is 27.7 Å². The Morgan fingerprint density at radius 2 is 0.607 bits per heavy atom. The fourth-order valence-electron chi connectivity index (χ4n) is 16.9. The van der Waals surface area contributed by atoms with Crippen LogP contribution < -0.4 is 21.3 Å². The summed E-state index contributed by atoms with van der Waals surface area (Å²) in [7, 11) is 0. The molecule has 0 spiro atoms. The van der Waals surface area contributed by atoms with E-state index in [4.69, 9.17) is 85.3 Å². The standard InChI is InChI=1S/C74H124N4O57/c1-18(88)75-35-22(92)5-73(71(114)115,132-58(35)40(99)25(95)8-80)134-62-43(102)29(12-84)121-69(53(62)112)128-56-31(14-86)123-64(37(47(56)106)77-20(3)90)118-16-33-46(105)61(51(110)67(125-33)127-55(27(97)10-82)39(98)24(94)7-79)131-68-52(111)60(130-66-50(109)49(108)42(101)28(11-83)120-66)45(104)34(126-68)17-119-65-38(78-21(4)91)48(107)57(32(15-87)124-65)129-70-54(113)63(44(103)30(13-85)122-70)135-74(72(116)117)6-23(93)36(76-19(2)89)59(133-74)41(100)26(96)9-81/h22-70,79-87,92-113H,5-17H2,1-4H3,(H,75,88)(H,76,89)(H,77,90)(H,78,91)(H,114,115)(H,116,117)/t22-,23-,24-,25+,26+,27+,28+,29+,30+,31+,32+,33+,34+,35+,36+,37+,38+,39+,40+,41+,42-,43-,44-,45-,46-,47+,48+,49-,50+,51+,52+,53+,54+,55+,56+,57+,58+,59+,60-,61-,62-,63-,64+,65+,66-,67-,68-,69-,70-,73-,74-/m0/s1. The van der Waals surface area contributed by atoms with E-state index in [-0.39, 0.29) is 0 Å². The van der Waals surface area contributed by atoms with Crippen LogP contribution >= 0.6 is 0 Å². The molecular weight excluding hydrogens is 1860 g/mol. The number of aliphatic hydroxyl groups excluding tert-OH is 31. The fraction of sp³-hybridized carbons (Fsp3) is 0.919. The van der Waals surface area contributed by atoms with Gasteiger partial charge in [0, 0.05) is 40.5 Å². The van der Waals surface area contributed by atoms with E-state index in [9.17, 15) is 197 Å². The molecule has 61 nitrogen and oxygen atoms in total. The number of carbonyl (C=O) groups is 6. The monoisotopic (exact) mass is 1980 g/mol. The van der Waals surface area contributed by atoms with Gasteiger partial charge in [0.1, 0.15) is 232 Å². The molecule has 51 atom stereocenters. The largest absolute Gasteiger partial charge is 0.477 e. The summed E-state index contributed by atoms with van der Waals surface area (Å²) in [6.45, 7) is -10.2. The minimum absolute atomic E-state index is 0.862. The number of amides is 4. The van der Waals surface area contributed by atoms with E-state index in [0.29, 0.717) is 0 Å². The molecule has 9 aliphatic rings. The van der Waals surface area contributed by atoms with Crippen LogP contribution in [0, 0.1) is 0 Å². The Morgan fingerprint density at radius 3 is 0.941 bits per heavy atom. The SMILES string of the molecule is CC(=O)N[C@H]1[C@H](OC[C@H]2O[C@@H](O[C@H]3[C@@H](O)[C@@H](CO[C@@H]4O[C@H](CO)[C@@H](O[C@@H]5O[C@H](CO)[C@H](O)[C@H](O[C@]6(C(=O)O)C[C@H](O)[C@@H](NC(C)=O)[C@H]([C@H](O)[C@H](O)CO)O6)[C@H]5O)[C@H](O)[C@H]4NC(C)=O)O[C@@H](O[C@@H]([C@H](O)[C@@H](O)CO)[C@H](O)CO)[C@@H]3O)[C@H](O)[C@@H](O[C@@H]3O[C@H](CO)[C@H](O)[C@H](O)[C@H]3O)[C@H]2O)O[C@H](CO)[C@@H](O[C@@H]2O[C@H](CO)[C@H](O)[C@H](O[C@]3(C(=O)O)C[C@H](O)[C@@H](NC(C)=O)[C@H]([C@H](O)[C@H](O)CO)O3)[C@H]2O)[C@@H]1O. The number of carbonyl (C=O) groups excluding carboxylic acids is 4. The Hall–Kier alpha value is -5.14. The van der Waals surface area contributed by atoms with Gasteiger partial charge in [0.15, 0.2) is 44.0 Å². The van der Waals surface area contributed by atoms with Gasteiger partial charge in [-0.1, -0.05) is 0 Å². The lowest BCUT2D eigenvalue weighted by Crippen LogP contribution is -2.71. The fourth-order valence-corrected chi connectivity index (χ4v) is 16.9. The Morgan fingerprint density at radius 1 is 0.319 bits per heavy atom. The van der Waals surface area contributed by atoms with E-state index in [1.165, 1.54) is 0 Å². The van der Waals surface area contributed by atoms with Crippen molar-refractivity contribution in [2.45, 2.75) is 352 Å². The van der Waals surface area contributed by atoms with Crippen LogP contribution in [0.4, 0.5) is 0 Å². The highest BCUT2D eigenvalue weighted by atomic mass is 16.8. The molecule has 0 radical (unpaired) electrons. The second kappa shape index (κ2) is 49.2. The average molecular weight is 1980 g/mol. The molecule has 9 rings (SSSR count). The van der Waals surface area contributed by atoms with Crippen molar-refractivity contribution in [3.05, 3.63) is 0 Å². The zero-order valence-electron chi connectivity index (χ0n) is 72.0. The molecule has 0 aromatic rings. The number of nitrogens with one attached hydrogen (secondary N) is 4. The second-order valence-corrected chi connectivity index (χ2v) is 33.6. The van der Waals surface area contributed by atoms with Crippen molar-refractivity contribution in [1.29, 1.82) is 0 Å². The van der Waals surface area contributed by atoms with Crippen LogP contribution in [-0.2, 0) is 114 Å². The Labute approximate surface area is 762 Å². The number of hydrogen-bond acceptors (Lipinski definition) is 55. The summed E-state index contributed by atoms with van der Waals surface area (Å²) in [5.41, 5.74) is 0. The first-order valence-corrected chi connectivity index (χ1v) is 42.3. The van der Waals surface area contributed by atoms with Crippen molar-refractivity contribution >= 4 is 35.6 Å². The average Bonchev–Trinajstić information content (AvgIpc) is 0.750. The lowest BCUT2D eigenvalue weighted by molar-refractivity contribution is -0.392. The molecule has 135 heavy (non-hydrogen) atoms. The van der Waals surface area contributed by atoms with Gasteiger partial charge in [0.25, 0.3) is 11.6 Å². The van der Waals surface area contributed by atoms with Gasteiger partial charge in [-0.25, -0.2) is 9.59 Å². The topological polar surface area (TPSA) is 984 Å². The molecular formula is C74H124N4O57. The van der Waals surface area contributed by atoms with Crippen LogP contribution in [0.25, 0.3) is 0 Å². The molecule has 0 unspecified atom stereocenters. The van der Waals surface area contributed by atoms with E-state index in [1.807, 2.05) is 0 Å². The molecule has 0 aromatic carbocycles. The molecule has 9 saturated heterocycles. The zero-order chi connectivity index (χ0) is 101. The van der Waals surface area contributed by atoms with Gasteiger partial charge < -0.3 is 275 Å². The van der Waals surface area contributed by atoms with Gasteiger partial charge in [-0.3, -0.25) is 19.2 Å². The molecule has 0 aromatic heterocycles. The second-order valence-electron chi connectivity index (χ2n) is 33.6.